The second-order valence-electron chi connectivity index (χ2n) is 16.1. The Morgan fingerprint density at radius 3 is 1.35 bits per heavy atom. The predicted molar refractivity (Wildman–Crippen MR) is 263 cm³/mol. The predicted octanol–water partition coefficient (Wildman–Crippen LogP) is 17.2. The first-order valence-electron chi connectivity index (χ1n) is 21.2. The van der Waals surface area contributed by atoms with Crippen LogP contribution < -0.4 is 4.90 Å². The number of hydrogen-bond acceptors (Lipinski definition) is 2. The van der Waals surface area contributed by atoms with Crippen LogP contribution >= 0.6 is 0 Å². The Balaban J connectivity index is 0.895. The van der Waals surface area contributed by atoms with Crippen LogP contribution in [0.3, 0.4) is 0 Å². The van der Waals surface area contributed by atoms with Crippen molar-refractivity contribution in [1.29, 1.82) is 0 Å². The first-order valence-corrected chi connectivity index (χ1v) is 21.2. The summed E-state index contributed by atoms with van der Waals surface area (Å²) in [5.41, 5.74) is 14.6. The first-order chi connectivity index (χ1) is 30.7. The minimum atomic E-state index is 0.901. The van der Waals surface area contributed by atoms with Gasteiger partial charge in [-0.15, -0.1) is 0 Å². The molecule has 2 nitrogen and oxygen atoms in total. The minimum absolute atomic E-state index is 0.901. The molecule has 11 aromatic carbocycles. The van der Waals surface area contributed by atoms with Crippen LogP contribution in [0.2, 0.25) is 0 Å². The van der Waals surface area contributed by atoms with Crippen LogP contribution in [0.15, 0.2) is 241 Å². The standard InChI is InChI=1S/C60H39NO/c1-3-12-52-43(9-1)11-7-15-53(52)45-29-35-50(36-30-45)61(51-37-31-46(32-38-51)55-16-8-18-59-60(55)56-14-5-6-17-58(56)62-59)49-33-27-41(28-34-49)40-19-21-42(22-20-40)48-26-25-47-24-23-44-10-2-4-13-54(44)57(47)39-48/h1-39H. The molecule has 0 aliphatic rings. The number of fused-ring (bicyclic) bond motifs is 7. The van der Waals surface area contributed by atoms with Crippen molar-refractivity contribution in [3.63, 3.8) is 0 Å². The molecule has 0 bridgehead atoms. The second kappa shape index (κ2) is 14.8. The zero-order valence-corrected chi connectivity index (χ0v) is 33.9. The normalized spacial score (nSPS) is 11.5. The molecule has 1 heterocycles. The van der Waals surface area contributed by atoms with Gasteiger partial charge in [0.1, 0.15) is 11.2 Å². The summed E-state index contributed by atoms with van der Waals surface area (Å²) in [5.74, 6) is 0. The van der Waals surface area contributed by atoms with Crippen LogP contribution in [-0.2, 0) is 0 Å². The molecule has 0 radical (unpaired) electrons. The Hall–Kier alpha value is -8.20. The van der Waals surface area contributed by atoms with Crippen molar-refractivity contribution in [3.05, 3.63) is 237 Å². The number of para-hydroxylation sites is 1. The molecular weight excluding hydrogens is 751 g/mol. The van der Waals surface area contributed by atoms with Crippen molar-refractivity contribution in [2.45, 2.75) is 0 Å². The van der Waals surface area contributed by atoms with Gasteiger partial charge in [0.15, 0.2) is 0 Å². The lowest BCUT2D eigenvalue weighted by Crippen LogP contribution is -2.09. The van der Waals surface area contributed by atoms with Crippen molar-refractivity contribution in [2.24, 2.45) is 0 Å². The zero-order chi connectivity index (χ0) is 41.0. The van der Waals surface area contributed by atoms with Crippen molar-refractivity contribution in [1.82, 2.24) is 0 Å². The van der Waals surface area contributed by atoms with Gasteiger partial charge in [0, 0.05) is 27.8 Å². The van der Waals surface area contributed by atoms with Gasteiger partial charge in [-0.25, -0.2) is 0 Å². The largest absolute Gasteiger partial charge is 0.456 e. The Morgan fingerprint density at radius 2 is 0.677 bits per heavy atom. The van der Waals surface area contributed by atoms with Crippen molar-refractivity contribution < 1.29 is 4.42 Å². The van der Waals surface area contributed by atoms with E-state index in [1.54, 1.807) is 0 Å². The van der Waals surface area contributed by atoms with E-state index in [0.29, 0.717) is 0 Å². The molecule has 0 spiro atoms. The van der Waals surface area contributed by atoms with E-state index in [-0.39, 0.29) is 0 Å². The topological polar surface area (TPSA) is 16.4 Å². The highest BCUT2D eigenvalue weighted by Crippen LogP contribution is 2.41. The Bertz CT molecular complexity index is 3590. The number of furan rings is 1. The summed E-state index contributed by atoms with van der Waals surface area (Å²) in [5, 5.41) is 9.87. The average molecular weight is 790 g/mol. The smallest absolute Gasteiger partial charge is 0.136 e. The zero-order valence-electron chi connectivity index (χ0n) is 33.9. The van der Waals surface area contributed by atoms with E-state index in [1.165, 1.54) is 65.7 Å². The minimum Gasteiger partial charge on any atom is -0.456 e. The van der Waals surface area contributed by atoms with Gasteiger partial charge in [-0.2, -0.15) is 0 Å². The quantitative estimate of drug-likeness (QED) is 0.150. The van der Waals surface area contributed by atoms with E-state index < -0.39 is 0 Å². The van der Waals surface area contributed by atoms with E-state index in [1.807, 2.05) is 12.1 Å². The lowest BCUT2D eigenvalue weighted by molar-refractivity contribution is 0.669. The maximum atomic E-state index is 6.24. The van der Waals surface area contributed by atoms with Gasteiger partial charge in [-0.05, 0) is 131 Å². The van der Waals surface area contributed by atoms with E-state index in [2.05, 4.69) is 229 Å². The molecule has 0 N–H and O–H groups in total. The fraction of sp³-hybridized carbons (Fsp3) is 0. The van der Waals surface area contributed by atoms with Crippen LogP contribution in [0.5, 0.6) is 0 Å². The molecule has 0 aliphatic heterocycles. The molecule has 290 valence electrons. The summed E-state index contributed by atoms with van der Waals surface area (Å²) in [4.78, 5) is 2.35. The maximum absolute atomic E-state index is 6.24. The van der Waals surface area contributed by atoms with Crippen LogP contribution in [0.4, 0.5) is 17.1 Å². The molecule has 0 atom stereocenters. The van der Waals surface area contributed by atoms with E-state index in [0.717, 1.165) is 50.1 Å². The van der Waals surface area contributed by atoms with Crippen LogP contribution in [0, 0.1) is 0 Å². The SMILES string of the molecule is c1ccc2c(-c3ccc(N(c4ccc(-c5ccc(-c6ccc7ccc8ccccc8c7c6)cc5)cc4)c4ccc(-c5cccc6oc7ccccc7c56)cc4)cc3)cccc2c1. The molecule has 0 fully saturated rings. The third-order valence-electron chi connectivity index (χ3n) is 12.5. The molecule has 12 aromatic rings. The summed E-state index contributed by atoms with van der Waals surface area (Å²) in [6, 6.07) is 85.5. The molecule has 0 unspecified atom stereocenters. The molecule has 12 rings (SSSR count). The Labute approximate surface area is 360 Å². The maximum Gasteiger partial charge on any atom is 0.136 e. The molecule has 0 saturated carbocycles. The second-order valence-corrected chi connectivity index (χ2v) is 16.1. The van der Waals surface area contributed by atoms with Crippen molar-refractivity contribution in [3.8, 4) is 44.5 Å². The van der Waals surface area contributed by atoms with Crippen LogP contribution in [-0.4, -0.2) is 0 Å². The fourth-order valence-electron chi connectivity index (χ4n) is 9.36. The molecule has 0 amide bonds. The number of hydrogen-bond donors (Lipinski definition) is 0. The van der Waals surface area contributed by atoms with Gasteiger partial charge in [0.2, 0.25) is 0 Å². The molecule has 62 heavy (non-hydrogen) atoms. The van der Waals surface area contributed by atoms with E-state index in [4.69, 9.17) is 4.42 Å². The van der Waals surface area contributed by atoms with E-state index >= 15 is 0 Å². The molecule has 0 saturated heterocycles. The molecule has 0 aliphatic carbocycles. The van der Waals surface area contributed by atoms with Gasteiger partial charge in [-0.1, -0.05) is 182 Å². The number of rotatable bonds is 7. The number of nitrogens with zero attached hydrogens (tertiary/aromatic N) is 1. The monoisotopic (exact) mass is 789 g/mol. The van der Waals surface area contributed by atoms with Crippen LogP contribution in [0.1, 0.15) is 0 Å². The highest BCUT2D eigenvalue weighted by Gasteiger charge is 2.17. The highest BCUT2D eigenvalue weighted by molar-refractivity contribution is 6.12. The molecular formula is C60H39NO. The third-order valence-corrected chi connectivity index (χ3v) is 12.5. The summed E-state index contributed by atoms with van der Waals surface area (Å²) in [6.07, 6.45) is 0. The van der Waals surface area contributed by atoms with Crippen LogP contribution in [0.25, 0.3) is 98.8 Å². The Morgan fingerprint density at radius 1 is 0.258 bits per heavy atom. The summed E-state index contributed by atoms with van der Waals surface area (Å²) in [6.45, 7) is 0. The lowest BCUT2D eigenvalue weighted by atomic mass is 9.96. The van der Waals surface area contributed by atoms with Gasteiger partial charge >= 0.3 is 0 Å². The summed E-state index contributed by atoms with van der Waals surface area (Å²) in [7, 11) is 0. The van der Waals surface area contributed by atoms with Crippen molar-refractivity contribution >= 4 is 71.3 Å². The van der Waals surface area contributed by atoms with Crippen molar-refractivity contribution in [2.75, 3.05) is 4.90 Å². The highest BCUT2D eigenvalue weighted by atomic mass is 16.3. The lowest BCUT2D eigenvalue weighted by Gasteiger charge is -2.26. The van der Waals surface area contributed by atoms with Gasteiger partial charge in [0.25, 0.3) is 0 Å². The molecule has 1 aromatic heterocycles. The Kier molecular flexibility index (Phi) is 8.53. The fourth-order valence-corrected chi connectivity index (χ4v) is 9.36. The van der Waals surface area contributed by atoms with E-state index in [9.17, 15) is 0 Å². The van der Waals surface area contributed by atoms with Gasteiger partial charge in [0.05, 0.1) is 0 Å². The summed E-state index contributed by atoms with van der Waals surface area (Å²) >= 11 is 0. The average Bonchev–Trinajstić information content (AvgIpc) is 3.74. The first kappa shape index (κ1) is 35.7. The van der Waals surface area contributed by atoms with Gasteiger partial charge < -0.3 is 9.32 Å². The number of benzene rings is 11. The molecule has 2 heteroatoms. The van der Waals surface area contributed by atoms with Gasteiger partial charge in [-0.3, -0.25) is 0 Å². The third kappa shape index (κ3) is 6.20. The summed E-state index contributed by atoms with van der Waals surface area (Å²) < 4.78 is 6.24. The number of anilines is 3.